The van der Waals surface area contributed by atoms with Crippen molar-refractivity contribution in [3.05, 3.63) is 35.9 Å². The van der Waals surface area contributed by atoms with E-state index in [-0.39, 0.29) is 31.6 Å². The molecule has 0 aliphatic rings. The largest absolute Gasteiger partial charge is 0.481 e. The number of benzene rings is 1. The quantitative estimate of drug-likeness (QED) is 0.140. The lowest BCUT2D eigenvalue weighted by atomic mass is 10.0. The van der Waals surface area contributed by atoms with E-state index in [1.165, 1.54) is 0 Å². The van der Waals surface area contributed by atoms with E-state index in [4.69, 9.17) is 15.9 Å². The lowest BCUT2D eigenvalue weighted by Crippen LogP contribution is -2.57. The number of aliphatic carboxylic acids is 3. The molecule has 13 heteroatoms. The van der Waals surface area contributed by atoms with E-state index < -0.39 is 72.6 Å². The van der Waals surface area contributed by atoms with Crippen LogP contribution in [-0.4, -0.2) is 75.1 Å². The first kappa shape index (κ1) is 32.0. The smallest absolute Gasteiger partial charge is 0.326 e. The number of hydrogen-bond acceptors (Lipinski definition) is 7. The molecule has 8 N–H and O–H groups in total. The van der Waals surface area contributed by atoms with E-state index in [0.717, 1.165) is 5.56 Å². The molecule has 1 rings (SSSR count). The zero-order chi connectivity index (χ0) is 28.8. The van der Waals surface area contributed by atoms with Crippen molar-refractivity contribution in [2.24, 2.45) is 11.7 Å². The molecule has 4 unspecified atom stereocenters. The minimum absolute atomic E-state index is 0.0841. The Morgan fingerprint density at radius 1 is 0.737 bits per heavy atom. The summed E-state index contributed by atoms with van der Waals surface area (Å²) < 4.78 is 0. The summed E-state index contributed by atoms with van der Waals surface area (Å²) in [7, 11) is 0. The monoisotopic (exact) mass is 536 g/mol. The highest BCUT2D eigenvalue weighted by molar-refractivity contribution is 5.94. The molecule has 0 radical (unpaired) electrons. The van der Waals surface area contributed by atoms with E-state index >= 15 is 0 Å². The second-order valence-corrected chi connectivity index (χ2v) is 9.31. The summed E-state index contributed by atoms with van der Waals surface area (Å²) in [5.74, 6) is -6.45. The summed E-state index contributed by atoms with van der Waals surface area (Å²) in [6.45, 7) is 3.51. The molecule has 0 saturated carbocycles. The maximum absolute atomic E-state index is 13.0. The van der Waals surface area contributed by atoms with Crippen molar-refractivity contribution in [1.82, 2.24) is 16.0 Å². The van der Waals surface area contributed by atoms with Crippen molar-refractivity contribution in [3.63, 3.8) is 0 Å². The highest BCUT2D eigenvalue weighted by Gasteiger charge is 2.31. The fraction of sp³-hybridized carbons (Fsp3) is 0.520. The molecule has 0 heterocycles. The fourth-order valence-electron chi connectivity index (χ4n) is 3.55. The van der Waals surface area contributed by atoms with Crippen molar-refractivity contribution in [2.45, 2.75) is 76.5 Å². The fourth-order valence-corrected chi connectivity index (χ4v) is 3.55. The van der Waals surface area contributed by atoms with Gasteiger partial charge in [0.15, 0.2) is 0 Å². The Morgan fingerprint density at radius 3 is 1.61 bits per heavy atom. The topological polar surface area (TPSA) is 225 Å². The summed E-state index contributed by atoms with van der Waals surface area (Å²) in [5, 5.41) is 34.6. The van der Waals surface area contributed by atoms with Gasteiger partial charge in [0, 0.05) is 12.8 Å². The summed E-state index contributed by atoms with van der Waals surface area (Å²) in [6.07, 6.45) is -1.47. The zero-order valence-electron chi connectivity index (χ0n) is 21.4. The molecule has 13 nitrogen and oxygen atoms in total. The summed E-state index contributed by atoms with van der Waals surface area (Å²) >= 11 is 0. The van der Waals surface area contributed by atoms with Crippen molar-refractivity contribution >= 4 is 35.6 Å². The predicted octanol–water partition coefficient (Wildman–Crippen LogP) is -0.129. The van der Waals surface area contributed by atoms with Crippen LogP contribution in [0.15, 0.2) is 30.3 Å². The zero-order valence-corrected chi connectivity index (χ0v) is 21.4. The van der Waals surface area contributed by atoms with E-state index in [2.05, 4.69) is 16.0 Å². The maximum Gasteiger partial charge on any atom is 0.326 e. The van der Waals surface area contributed by atoms with Gasteiger partial charge in [-0.2, -0.15) is 0 Å². The highest BCUT2D eigenvalue weighted by Crippen LogP contribution is 2.08. The average Bonchev–Trinajstić information content (AvgIpc) is 2.83. The average molecular weight is 537 g/mol. The lowest BCUT2D eigenvalue weighted by molar-refractivity contribution is -0.143. The van der Waals surface area contributed by atoms with Gasteiger partial charge in [0.05, 0.1) is 6.04 Å². The van der Waals surface area contributed by atoms with Crippen molar-refractivity contribution in [1.29, 1.82) is 0 Å². The molecule has 0 aliphatic carbocycles. The lowest BCUT2D eigenvalue weighted by Gasteiger charge is -2.25. The first-order valence-electron chi connectivity index (χ1n) is 12.2. The Morgan fingerprint density at radius 2 is 1.18 bits per heavy atom. The number of hydrogen-bond donors (Lipinski definition) is 7. The SMILES string of the molecule is CC(C)CC(NC(=O)C(CCC(=O)O)NC(=O)C(CCC(=O)O)NC(=O)C(N)Cc1ccccc1)C(=O)O. The van der Waals surface area contributed by atoms with Crippen LogP contribution in [0, 0.1) is 5.92 Å². The van der Waals surface area contributed by atoms with Crippen LogP contribution in [-0.2, 0) is 35.2 Å². The second kappa shape index (κ2) is 16.0. The third-order valence-corrected chi connectivity index (χ3v) is 5.52. The molecular formula is C25H36N4O9. The predicted molar refractivity (Wildman–Crippen MR) is 135 cm³/mol. The van der Waals surface area contributed by atoms with Gasteiger partial charge >= 0.3 is 17.9 Å². The van der Waals surface area contributed by atoms with Crippen molar-refractivity contribution < 1.29 is 44.1 Å². The van der Waals surface area contributed by atoms with Crippen LogP contribution >= 0.6 is 0 Å². The molecule has 4 atom stereocenters. The Kier molecular flexibility index (Phi) is 13.5. The third kappa shape index (κ3) is 12.3. The molecule has 1 aromatic rings. The molecule has 0 fully saturated rings. The number of nitrogens with two attached hydrogens (primary N) is 1. The van der Waals surface area contributed by atoms with Crippen LogP contribution in [0.5, 0.6) is 0 Å². The van der Waals surface area contributed by atoms with Gasteiger partial charge in [-0.15, -0.1) is 0 Å². The molecule has 0 aliphatic heterocycles. The molecule has 1 aromatic carbocycles. The van der Waals surface area contributed by atoms with Gasteiger partial charge in [-0.3, -0.25) is 24.0 Å². The minimum Gasteiger partial charge on any atom is -0.481 e. The summed E-state index contributed by atoms with van der Waals surface area (Å²) in [4.78, 5) is 72.3. The molecule has 3 amide bonds. The Hall–Kier alpha value is -4.00. The van der Waals surface area contributed by atoms with Crippen molar-refractivity contribution in [2.75, 3.05) is 0 Å². The molecule has 38 heavy (non-hydrogen) atoms. The normalized spacial score (nSPS) is 14.0. The van der Waals surface area contributed by atoms with Gasteiger partial charge in [0.2, 0.25) is 17.7 Å². The number of nitrogens with one attached hydrogen (secondary N) is 3. The minimum atomic E-state index is -1.45. The van der Waals surface area contributed by atoms with Crippen LogP contribution in [0.25, 0.3) is 0 Å². The maximum atomic E-state index is 13.0. The molecule has 0 aromatic heterocycles. The van der Waals surface area contributed by atoms with Gasteiger partial charge < -0.3 is 37.0 Å². The van der Waals surface area contributed by atoms with E-state index in [9.17, 15) is 33.9 Å². The number of carbonyl (C=O) groups is 6. The van der Waals surface area contributed by atoms with Crippen LogP contribution < -0.4 is 21.7 Å². The molecule has 0 saturated heterocycles. The third-order valence-electron chi connectivity index (χ3n) is 5.52. The molecule has 0 spiro atoms. The van der Waals surface area contributed by atoms with Gasteiger partial charge in [0.25, 0.3) is 0 Å². The number of carboxylic acids is 3. The molecular weight excluding hydrogens is 500 g/mol. The van der Waals surface area contributed by atoms with Crippen molar-refractivity contribution in [3.8, 4) is 0 Å². The summed E-state index contributed by atoms with van der Waals surface area (Å²) in [6, 6.07) is 3.67. The van der Waals surface area contributed by atoms with Gasteiger partial charge in [-0.1, -0.05) is 44.2 Å². The molecule has 210 valence electrons. The van der Waals surface area contributed by atoms with Gasteiger partial charge in [0.1, 0.15) is 18.1 Å². The first-order chi connectivity index (χ1) is 17.8. The van der Waals surface area contributed by atoms with Crippen LogP contribution in [0.2, 0.25) is 0 Å². The molecule has 0 bridgehead atoms. The number of rotatable bonds is 17. The Bertz CT molecular complexity index is 984. The van der Waals surface area contributed by atoms with Crippen LogP contribution in [0.1, 0.15) is 51.5 Å². The second-order valence-electron chi connectivity index (χ2n) is 9.31. The van der Waals surface area contributed by atoms with Gasteiger partial charge in [-0.05, 0) is 37.2 Å². The summed E-state index contributed by atoms with van der Waals surface area (Å²) in [5.41, 5.74) is 6.73. The Balaban J connectivity index is 3.03. The Labute approximate surface area is 220 Å². The van der Waals surface area contributed by atoms with Crippen LogP contribution in [0.4, 0.5) is 0 Å². The standard InChI is InChI=1S/C25H36N4O9/c1-14(2)12-19(25(37)38)29-24(36)18(9-11-21(32)33)28-23(35)17(8-10-20(30)31)27-22(34)16(26)13-15-6-4-3-5-7-15/h3-7,14,16-19H,8-13,26H2,1-2H3,(H,27,34)(H,28,35)(H,29,36)(H,30,31)(H,32,33)(H,37,38). The highest BCUT2D eigenvalue weighted by atomic mass is 16.4. The van der Waals surface area contributed by atoms with Crippen LogP contribution in [0.3, 0.4) is 0 Å². The number of amides is 3. The van der Waals surface area contributed by atoms with Gasteiger partial charge in [-0.25, -0.2) is 4.79 Å². The number of carboxylic acid groups (broad SMARTS) is 3. The van der Waals surface area contributed by atoms with E-state index in [1.807, 2.05) is 0 Å². The first-order valence-corrected chi connectivity index (χ1v) is 12.2. The number of carbonyl (C=O) groups excluding carboxylic acids is 3. The van der Waals surface area contributed by atoms with E-state index in [1.54, 1.807) is 44.2 Å². The van der Waals surface area contributed by atoms with E-state index in [0.29, 0.717) is 0 Å².